The second kappa shape index (κ2) is 16.2. The molecule has 0 radical (unpaired) electrons. The number of piperidine rings is 1. The highest BCUT2D eigenvalue weighted by molar-refractivity contribution is 7.53. The van der Waals surface area contributed by atoms with Gasteiger partial charge in [0.15, 0.2) is 5.60 Å². The fourth-order valence-electron chi connectivity index (χ4n) is 13.9. The Morgan fingerprint density at radius 3 is 2.45 bits per heavy atom. The molecule has 1 aliphatic carbocycles. The normalized spacial score (nSPS) is 35.5. The maximum absolute atomic E-state index is 16.2. The van der Waals surface area contributed by atoms with E-state index in [-0.39, 0.29) is 50.2 Å². The first kappa shape index (κ1) is 45.4. The van der Waals surface area contributed by atoms with Crippen LogP contribution < -0.4 is 20.7 Å². The van der Waals surface area contributed by atoms with Gasteiger partial charge in [0.25, 0.3) is 5.91 Å². The summed E-state index contributed by atoms with van der Waals surface area (Å²) in [5.41, 5.74) is 4.23. The topological polar surface area (TPSA) is 203 Å². The number of aromatic amines is 1. The second-order valence-corrected chi connectivity index (χ2v) is 21.6. The van der Waals surface area contributed by atoms with Gasteiger partial charge in [-0.3, -0.25) is 24.0 Å². The molecule has 1 unspecified atom stereocenters. The second-order valence-electron chi connectivity index (χ2n) is 19.4. The van der Waals surface area contributed by atoms with Gasteiger partial charge in [-0.2, -0.15) is 0 Å². The van der Waals surface area contributed by atoms with Gasteiger partial charge in [0.2, 0.25) is 5.91 Å². The Kier molecular flexibility index (Phi) is 11.5. The Morgan fingerprint density at radius 1 is 1.02 bits per heavy atom. The predicted octanol–water partition coefficient (Wildman–Crippen LogP) is 3.94. The number of fused-ring (bicyclic) bond motifs is 6. The number of benzene rings is 2. The molecule has 1 saturated carbocycles. The summed E-state index contributed by atoms with van der Waals surface area (Å²) < 4.78 is 31.6. The molecule has 5 aliphatic heterocycles. The highest BCUT2D eigenvalue weighted by Crippen LogP contribution is 2.67. The van der Waals surface area contributed by atoms with E-state index in [0.717, 1.165) is 33.4 Å². The molecule has 6 heterocycles. The number of amides is 2. The monoisotopic (exact) mass is 902 g/mol. The third kappa shape index (κ3) is 6.35. The molecule has 9 rings (SSSR count). The van der Waals surface area contributed by atoms with Crippen molar-refractivity contribution in [1.29, 1.82) is 0 Å². The summed E-state index contributed by atoms with van der Waals surface area (Å²) in [6.45, 7) is 11.0. The number of aliphatic hydroxyl groups is 3. The van der Waals surface area contributed by atoms with Gasteiger partial charge in [-0.1, -0.05) is 44.2 Å². The number of nitrogens with one attached hydrogen (secondary N) is 2. The highest BCUT2D eigenvalue weighted by atomic mass is 31.2. The minimum absolute atomic E-state index is 0.00294. The van der Waals surface area contributed by atoms with E-state index in [1.165, 1.54) is 0 Å². The van der Waals surface area contributed by atoms with Gasteiger partial charge < -0.3 is 50.0 Å². The Morgan fingerprint density at radius 2 is 1.77 bits per heavy atom. The van der Waals surface area contributed by atoms with Crippen molar-refractivity contribution in [1.82, 2.24) is 20.1 Å². The molecule has 10 atom stereocenters. The molecule has 7 N–H and O–H groups in total. The van der Waals surface area contributed by atoms with Crippen LogP contribution in [0.5, 0.6) is 5.75 Å². The van der Waals surface area contributed by atoms with Crippen molar-refractivity contribution in [3.8, 4) is 5.75 Å². The average molecular weight is 903 g/mol. The summed E-state index contributed by atoms with van der Waals surface area (Å²) in [5, 5.41) is 41.7. The van der Waals surface area contributed by atoms with Crippen LogP contribution in [0.4, 0.5) is 5.69 Å². The van der Waals surface area contributed by atoms with E-state index in [4.69, 9.17) is 19.5 Å². The van der Waals surface area contributed by atoms with Crippen LogP contribution in [0.25, 0.3) is 10.9 Å². The van der Waals surface area contributed by atoms with E-state index in [9.17, 15) is 24.7 Å². The van der Waals surface area contributed by atoms with E-state index in [1.807, 2.05) is 62.2 Å². The van der Waals surface area contributed by atoms with Gasteiger partial charge in [-0.05, 0) is 88.1 Å². The zero-order valence-corrected chi connectivity index (χ0v) is 39.1. The number of aromatic nitrogens is 1. The Hall–Kier alpha value is -3.79. The number of H-pyrrole nitrogens is 1. The smallest absolute Gasteiger partial charge is 0.332 e. The van der Waals surface area contributed by atoms with Crippen LogP contribution in [0.1, 0.15) is 82.2 Å². The zero-order chi connectivity index (χ0) is 45.6. The lowest BCUT2D eigenvalue weighted by atomic mass is 9.47. The predicted molar refractivity (Wildman–Crippen MR) is 245 cm³/mol. The maximum atomic E-state index is 16.2. The number of para-hydroxylation sites is 1. The summed E-state index contributed by atoms with van der Waals surface area (Å²) in [6.07, 6.45) is 5.38. The van der Waals surface area contributed by atoms with Gasteiger partial charge >= 0.3 is 7.60 Å². The van der Waals surface area contributed by atoms with Crippen LogP contribution in [0.15, 0.2) is 48.6 Å². The molecule has 15 nitrogen and oxygen atoms in total. The fourth-order valence-corrected chi connectivity index (χ4v) is 15.4. The number of rotatable bonds is 13. The standard InChI is InChI=1S/C48H67N6O9P/c1-7-44(58)26-30-27-47(43(57)50-19-23-64(60,62-9-3)63-10-4,38-32(16-21-53(28-30)29-44)31-14-11-12-15-35(31)51-38)34-24-33-36(25-37(34)61-6)52(5)40-46(33)18-22-54-20-13-17-45(8-2,39(46)54)41(55)48(40,59)42(49)56/h11-15,17,24-25,30,39-41,51,55,58-59H,7-10,16,18-23,26-29H2,1-6H3,(H2,49,56)(H,50,57)/t30-,39-,40+,41+,44-,45+,46+,47-,48-/m0/s1. The molecule has 348 valence electrons. The SMILES string of the molecule is CCOP(=O)(CCNC(=O)[C@]1(c2cc3c(cc2OC)N(C)[C@H]2[C@@](O)(C(N)=O)[C@H](O)[C@]4(CC)C=CCN5CC[C@]32[C@@H]54)C[C@H]2CN(CCc3c1[nH]c1ccccc31)C[C@](O)(CC)C2)OCC. The zero-order valence-electron chi connectivity index (χ0n) is 38.2. The van der Waals surface area contributed by atoms with Gasteiger partial charge in [0.1, 0.15) is 17.3 Å². The first-order valence-electron chi connectivity index (χ1n) is 23.4. The molecule has 2 bridgehead atoms. The van der Waals surface area contributed by atoms with E-state index in [1.54, 1.807) is 21.0 Å². The minimum atomic E-state index is -3.55. The summed E-state index contributed by atoms with van der Waals surface area (Å²) in [7, 11) is -0.122. The number of aliphatic hydroxyl groups excluding tert-OH is 1. The van der Waals surface area contributed by atoms with Crippen LogP contribution in [-0.2, 0) is 40.5 Å². The number of carbonyl (C=O) groups excluding carboxylic acids is 2. The lowest BCUT2D eigenvalue weighted by Crippen LogP contribution is -2.81. The number of nitrogens with zero attached hydrogens (tertiary/aromatic N) is 3. The molecular weight excluding hydrogens is 836 g/mol. The Bertz CT molecular complexity index is 2400. The van der Waals surface area contributed by atoms with Crippen LogP contribution in [0, 0.1) is 11.3 Å². The third-order valence-corrected chi connectivity index (χ3v) is 18.5. The van der Waals surface area contributed by atoms with Crippen LogP contribution in [0.2, 0.25) is 0 Å². The van der Waals surface area contributed by atoms with Crippen molar-refractivity contribution in [3.63, 3.8) is 0 Å². The molecule has 3 fully saturated rings. The van der Waals surface area contributed by atoms with Crippen LogP contribution in [-0.4, -0.2) is 144 Å². The number of methoxy groups -OCH3 is 1. The quantitative estimate of drug-likeness (QED) is 0.107. The summed E-state index contributed by atoms with van der Waals surface area (Å²) >= 11 is 0. The maximum Gasteiger partial charge on any atom is 0.332 e. The van der Waals surface area contributed by atoms with Gasteiger partial charge in [0, 0.05) is 90.6 Å². The van der Waals surface area contributed by atoms with E-state index in [2.05, 4.69) is 32.2 Å². The Labute approximate surface area is 376 Å². The summed E-state index contributed by atoms with van der Waals surface area (Å²) in [6, 6.07) is 10.8. The van der Waals surface area contributed by atoms with Crippen molar-refractivity contribution >= 4 is 36.0 Å². The van der Waals surface area contributed by atoms with Gasteiger partial charge in [0.05, 0.1) is 38.1 Å². The number of nitrogens with two attached hydrogens (primary N) is 1. The molecule has 3 aromatic rings. The highest BCUT2D eigenvalue weighted by Gasteiger charge is 2.78. The largest absolute Gasteiger partial charge is 0.496 e. The van der Waals surface area contributed by atoms with Gasteiger partial charge in [-0.15, -0.1) is 0 Å². The van der Waals surface area contributed by atoms with Crippen molar-refractivity contribution in [3.05, 3.63) is 70.9 Å². The van der Waals surface area contributed by atoms with Crippen molar-refractivity contribution in [2.24, 2.45) is 17.1 Å². The van der Waals surface area contributed by atoms with Gasteiger partial charge in [-0.25, -0.2) is 0 Å². The van der Waals surface area contributed by atoms with E-state index < -0.39 is 53.1 Å². The minimum Gasteiger partial charge on any atom is -0.496 e. The number of anilines is 1. The molecule has 1 aromatic heterocycles. The van der Waals surface area contributed by atoms with E-state index >= 15 is 4.79 Å². The van der Waals surface area contributed by atoms with Crippen molar-refractivity contribution in [2.45, 2.75) is 106 Å². The number of primary amides is 1. The average Bonchev–Trinajstić information content (AvgIpc) is 3.94. The molecule has 2 amide bonds. The molecule has 16 heteroatoms. The number of likely N-dealkylation sites (N-methyl/N-ethyl adjacent to an activating group) is 1. The van der Waals surface area contributed by atoms with E-state index in [0.29, 0.717) is 76.1 Å². The third-order valence-electron chi connectivity index (χ3n) is 16.4. The van der Waals surface area contributed by atoms with Crippen molar-refractivity contribution in [2.75, 3.05) is 77.7 Å². The lowest BCUT2D eigenvalue weighted by Gasteiger charge is -2.63. The molecular formula is C48H67N6O9P. The first-order valence-corrected chi connectivity index (χ1v) is 25.1. The molecule has 6 aliphatic rings. The molecule has 64 heavy (non-hydrogen) atoms. The molecule has 2 aromatic carbocycles. The number of ether oxygens (including phenoxy) is 1. The lowest BCUT2D eigenvalue weighted by molar-refractivity contribution is -0.201. The van der Waals surface area contributed by atoms with Crippen LogP contribution >= 0.6 is 7.60 Å². The fraction of sp³-hybridized carbons (Fsp3) is 0.625. The van der Waals surface area contributed by atoms with Crippen molar-refractivity contribution < 1.29 is 43.3 Å². The summed E-state index contributed by atoms with van der Waals surface area (Å²) in [4.78, 5) is 40.4. The van der Waals surface area contributed by atoms with Crippen LogP contribution in [0.3, 0.4) is 0 Å². The molecule has 1 spiro atoms. The first-order chi connectivity index (χ1) is 30.6. The number of hydrogen-bond acceptors (Lipinski definition) is 12. The Balaban J connectivity index is 1.33. The number of hydrogen-bond donors (Lipinski definition) is 6. The molecule has 2 saturated heterocycles. The summed E-state index contributed by atoms with van der Waals surface area (Å²) in [5.74, 6) is -1.05. The number of carbonyl (C=O) groups is 2.